The molecular formula is C12H20FOP. The van der Waals surface area contributed by atoms with Crippen LogP contribution in [0.2, 0.25) is 0 Å². The lowest BCUT2D eigenvalue weighted by Crippen LogP contribution is -1.73. The Morgan fingerprint density at radius 1 is 1.20 bits per heavy atom. The van der Waals surface area contributed by atoms with Crippen molar-refractivity contribution in [3.8, 4) is 5.75 Å². The molecule has 0 aromatic heterocycles. The van der Waals surface area contributed by atoms with Crippen LogP contribution in [-0.4, -0.2) is 11.3 Å². The van der Waals surface area contributed by atoms with Crippen molar-refractivity contribution in [3.05, 3.63) is 30.1 Å². The maximum atomic E-state index is 12.1. The Labute approximate surface area is 93.9 Å². The summed E-state index contributed by atoms with van der Waals surface area (Å²) in [7, 11) is 2.75. The number of unbranched alkanes of at least 4 members (excludes halogenated alkanes) is 3. The zero-order valence-corrected chi connectivity index (χ0v) is 10.4. The number of phenolic OH excluding ortho intramolecular Hbond substituents is 1. The van der Waals surface area contributed by atoms with E-state index in [1.54, 1.807) is 6.07 Å². The topological polar surface area (TPSA) is 20.2 Å². The molecular weight excluding hydrogens is 210 g/mol. The van der Waals surface area contributed by atoms with E-state index in [-0.39, 0.29) is 5.75 Å². The van der Waals surface area contributed by atoms with E-state index in [2.05, 4.69) is 16.2 Å². The molecule has 0 radical (unpaired) electrons. The summed E-state index contributed by atoms with van der Waals surface area (Å²) in [4.78, 5) is 0. The fraction of sp³-hybridized carbons (Fsp3) is 0.500. The van der Waals surface area contributed by atoms with E-state index in [1.807, 2.05) is 0 Å². The Kier molecular flexibility index (Phi) is 9.51. The van der Waals surface area contributed by atoms with Gasteiger partial charge in [0, 0.05) is 0 Å². The highest BCUT2D eigenvalue weighted by molar-refractivity contribution is 7.16. The van der Waals surface area contributed by atoms with Crippen LogP contribution in [0, 0.1) is 5.82 Å². The second-order valence-corrected chi connectivity index (χ2v) is 3.88. The van der Waals surface area contributed by atoms with Crippen molar-refractivity contribution < 1.29 is 9.50 Å². The molecule has 0 saturated heterocycles. The summed E-state index contributed by atoms with van der Waals surface area (Å²) >= 11 is 0. The Hall–Kier alpha value is -0.620. The lowest BCUT2D eigenvalue weighted by molar-refractivity contribution is 0.432. The molecule has 0 spiro atoms. The highest BCUT2D eigenvalue weighted by atomic mass is 31.0. The molecule has 86 valence electrons. The van der Waals surface area contributed by atoms with Gasteiger partial charge in [-0.25, -0.2) is 4.39 Å². The molecule has 0 bridgehead atoms. The number of hydrogen-bond donors (Lipinski definition) is 1. The molecule has 1 aromatic carbocycles. The van der Waals surface area contributed by atoms with Crippen molar-refractivity contribution in [1.82, 2.24) is 0 Å². The van der Waals surface area contributed by atoms with E-state index in [1.165, 1.54) is 50.0 Å². The van der Waals surface area contributed by atoms with Crippen LogP contribution in [0.5, 0.6) is 5.75 Å². The zero-order chi connectivity index (χ0) is 11.5. The summed E-state index contributed by atoms with van der Waals surface area (Å²) in [6.45, 7) is 2.24. The molecule has 0 aliphatic carbocycles. The minimum atomic E-state index is -0.576. The summed E-state index contributed by atoms with van der Waals surface area (Å²) in [5.41, 5.74) is 0. The van der Waals surface area contributed by atoms with Crippen LogP contribution in [0.25, 0.3) is 0 Å². The highest BCUT2D eigenvalue weighted by Gasteiger charge is 1.92. The van der Waals surface area contributed by atoms with Gasteiger partial charge >= 0.3 is 0 Å². The molecule has 0 saturated carbocycles. The fourth-order valence-electron chi connectivity index (χ4n) is 1.02. The second-order valence-electron chi connectivity index (χ2n) is 3.30. The maximum absolute atomic E-state index is 12.1. The van der Waals surface area contributed by atoms with Crippen LogP contribution in [0.3, 0.4) is 0 Å². The van der Waals surface area contributed by atoms with Crippen molar-refractivity contribution >= 4 is 9.24 Å². The lowest BCUT2D eigenvalue weighted by atomic mass is 10.2. The molecule has 1 nitrogen and oxygen atoms in total. The Bertz CT molecular complexity index is 228. The highest BCUT2D eigenvalue weighted by Crippen LogP contribution is 2.11. The average Bonchev–Trinajstić information content (AvgIpc) is 2.24. The van der Waals surface area contributed by atoms with Crippen LogP contribution in [0.4, 0.5) is 4.39 Å². The first-order valence-electron chi connectivity index (χ1n) is 5.36. The van der Waals surface area contributed by atoms with Gasteiger partial charge in [-0.2, -0.15) is 0 Å². The lowest BCUT2D eigenvalue weighted by Gasteiger charge is -1.90. The van der Waals surface area contributed by atoms with Gasteiger partial charge < -0.3 is 5.11 Å². The normalized spacial score (nSPS) is 9.27. The molecule has 1 atom stereocenters. The summed E-state index contributed by atoms with van der Waals surface area (Å²) in [5, 5.41) is 8.54. The number of halogens is 1. The number of aromatic hydroxyl groups is 1. The quantitative estimate of drug-likeness (QED) is 0.613. The monoisotopic (exact) mass is 230 g/mol. The van der Waals surface area contributed by atoms with Crippen LogP contribution < -0.4 is 0 Å². The first-order chi connectivity index (χ1) is 7.22. The van der Waals surface area contributed by atoms with Crippen molar-refractivity contribution in [2.24, 2.45) is 0 Å². The third-order valence-corrected chi connectivity index (χ3v) is 2.32. The fourth-order valence-corrected chi connectivity index (χ4v) is 1.31. The van der Waals surface area contributed by atoms with E-state index >= 15 is 0 Å². The summed E-state index contributed by atoms with van der Waals surface area (Å²) in [6.07, 6.45) is 6.84. The Balaban J connectivity index is 0.000000265. The molecule has 1 N–H and O–H groups in total. The van der Waals surface area contributed by atoms with Crippen LogP contribution in [0.15, 0.2) is 24.3 Å². The molecule has 0 amide bonds. The van der Waals surface area contributed by atoms with Gasteiger partial charge in [0.2, 0.25) is 0 Å². The largest absolute Gasteiger partial charge is 0.505 e. The number of phenols is 1. The van der Waals surface area contributed by atoms with E-state index in [0.29, 0.717) is 0 Å². The maximum Gasteiger partial charge on any atom is 0.164 e. The van der Waals surface area contributed by atoms with E-state index in [9.17, 15) is 4.39 Å². The van der Waals surface area contributed by atoms with Crippen LogP contribution in [0.1, 0.15) is 32.6 Å². The smallest absolute Gasteiger partial charge is 0.164 e. The molecule has 3 heteroatoms. The minimum Gasteiger partial charge on any atom is -0.505 e. The van der Waals surface area contributed by atoms with Crippen molar-refractivity contribution in [1.29, 1.82) is 0 Å². The summed E-state index contributed by atoms with van der Waals surface area (Å²) in [6, 6.07) is 5.60. The summed E-state index contributed by atoms with van der Waals surface area (Å²) < 4.78 is 12.1. The Morgan fingerprint density at radius 3 is 2.27 bits per heavy atom. The third kappa shape index (κ3) is 8.38. The molecule has 15 heavy (non-hydrogen) atoms. The molecule has 1 aromatic rings. The molecule has 0 fully saturated rings. The molecule has 1 rings (SSSR count). The first kappa shape index (κ1) is 14.4. The number of hydrogen-bond acceptors (Lipinski definition) is 1. The van der Waals surface area contributed by atoms with Gasteiger partial charge in [-0.15, -0.1) is 9.24 Å². The van der Waals surface area contributed by atoms with Gasteiger partial charge in [0.05, 0.1) is 0 Å². The zero-order valence-electron chi connectivity index (χ0n) is 9.25. The number of benzene rings is 1. The molecule has 1 unspecified atom stereocenters. The first-order valence-corrected chi connectivity index (χ1v) is 6.17. The van der Waals surface area contributed by atoms with E-state index in [4.69, 9.17) is 5.11 Å². The SMILES string of the molecule is CCCCCCP.Oc1ccccc1F. The predicted molar refractivity (Wildman–Crippen MR) is 66.8 cm³/mol. The van der Waals surface area contributed by atoms with Gasteiger partial charge in [0.25, 0.3) is 0 Å². The van der Waals surface area contributed by atoms with E-state index < -0.39 is 5.82 Å². The average molecular weight is 230 g/mol. The second kappa shape index (κ2) is 9.92. The third-order valence-electron chi connectivity index (χ3n) is 1.91. The summed E-state index contributed by atoms with van der Waals surface area (Å²) in [5.74, 6) is -0.875. The van der Waals surface area contributed by atoms with Gasteiger partial charge in [-0.05, 0) is 24.7 Å². The number of rotatable bonds is 4. The molecule has 0 aliphatic rings. The van der Waals surface area contributed by atoms with Gasteiger partial charge in [0.15, 0.2) is 11.6 Å². The Morgan fingerprint density at radius 2 is 1.87 bits per heavy atom. The minimum absolute atomic E-state index is 0.299. The van der Waals surface area contributed by atoms with Crippen molar-refractivity contribution in [3.63, 3.8) is 0 Å². The van der Waals surface area contributed by atoms with Crippen LogP contribution in [-0.2, 0) is 0 Å². The van der Waals surface area contributed by atoms with E-state index in [0.717, 1.165) is 0 Å². The van der Waals surface area contributed by atoms with Crippen molar-refractivity contribution in [2.75, 3.05) is 6.16 Å². The number of para-hydroxylation sites is 1. The van der Waals surface area contributed by atoms with Gasteiger partial charge in [-0.3, -0.25) is 0 Å². The molecule has 0 heterocycles. The standard InChI is InChI=1S/C6H5FO.C6H15P/c7-5-3-1-2-4-6(5)8;1-2-3-4-5-6-7/h1-4,8H;2-7H2,1H3. The van der Waals surface area contributed by atoms with Gasteiger partial charge in [-0.1, -0.05) is 38.3 Å². The molecule has 0 aliphatic heterocycles. The van der Waals surface area contributed by atoms with Crippen LogP contribution >= 0.6 is 9.24 Å². The van der Waals surface area contributed by atoms with Crippen molar-refractivity contribution in [2.45, 2.75) is 32.6 Å². The van der Waals surface area contributed by atoms with Gasteiger partial charge in [0.1, 0.15) is 0 Å². The predicted octanol–water partition coefficient (Wildman–Crippen LogP) is 3.97.